The van der Waals surface area contributed by atoms with Crippen molar-refractivity contribution in [2.24, 2.45) is 4.99 Å². The largest absolute Gasteiger partial charge is 0.287 e. The number of nitrogens with zero attached hydrogens (tertiary/aromatic N) is 1. The first-order valence-corrected chi connectivity index (χ1v) is 11.7. The van der Waals surface area contributed by atoms with E-state index >= 15 is 0 Å². The second-order valence-electron chi connectivity index (χ2n) is 9.10. The highest BCUT2D eigenvalue weighted by molar-refractivity contribution is 6.32. The molecule has 0 spiro atoms. The molecule has 3 aromatic rings. The van der Waals surface area contributed by atoms with Gasteiger partial charge in [0.15, 0.2) is 0 Å². The van der Waals surface area contributed by atoms with Crippen LogP contribution in [0.5, 0.6) is 0 Å². The third kappa shape index (κ3) is 3.85. The van der Waals surface area contributed by atoms with Crippen LogP contribution in [0.4, 0.5) is 11.4 Å². The van der Waals surface area contributed by atoms with Crippen molar-refractivity contribution >= 4 is 39.5 Å². The number of para-hydroxylation sites is 1. The molecule has 5 rings (SSSR count). The number of rotatable bonds is 4. The summed E-state index contributed by atoms with van der Waals surface area (Å²) in [7, 11) is 0. The Morgan fingerprint density at radius 3 is 2.53 bits per heavy atom. The minimum Gasteiger partial charge on any atom is -0.287 e. The zero-order valence-corrected chi connectivity index (χ0v) is 19.4. The van der Waals surface area contributed by atoms with Crippen molar-refractivity contribution in [3.8, 4) is 0 Å². The number of hydrogen-bond donors (Lipinski definition) is 1. The standard InChI is InChI=1S/C29H27ClN2/c1-29(2)26(32-25-17-15-20-9-6-7-14-24(20)27(25)29)18-16-21-10-8-11-22(28(21)30)19-31-23-12-4-3-5-13-23/h3-7,9,12-19,31H,8,10-11H2,1-2H3/p+1/b18-16+,22-19+. The minimum atomic E-state index is -0.145. The van der Waals surface area contributed by atoms with E-state index in [1.807, 2.05) is 6.07 Å². The molecule has 2 nitrogen and oxygen atoms in total. The van der Waals surface area contributed by atoms with Gasteiger partial charge in [-0.2, -0.15) is 0 Å². The number of halogens is 1. The lowest BCUT2D eigenvalue weighted by Gasteiger charge is -2.22. The van der Waals surface area contributed by atoms with Crippen LogP contribution in [-0.2, 0) is 5.41 Å². The molecule has 0 saturated carbocycles. The number of aliphatic imine (C=N–C) groups is 1. The molecule has 1 aliphatic heterocycles. The highest BCUT2D eigenvalue weighted by Crippen LogP contribution is 2.44. The zero-order chi connectivity index (χ0) is 22.1. The number of fused-ring (bicyclic) bond motifs is 3. The Hall–Kier alpha value is -2.94. The summed E-state index contributed by atoms with van der Waals surface area (Å²) in [4.78, 5) is 5.00. The molecule has 160 valence electrons. The molecule has 1 heterocycles. The number of quaternary nitrogens is 1. The number of benzene rings is 3. The lowest BCUT2D eigenvalue weighted by Crippen LogP contribution is -2.71. The van der Waals surface area contributed by atoms with Crippen LogP contribution >= 0.6 is 11.6 Å². The molecule has 3 heteroatoms. The first kappa shape index (κ1) is 20.9. The van der Waals surface area contributed by atoms with E-state index < -0.39 is 0 Å². The monoisotopic (exact) mass is 439 g/mol. The fourth-order valence-electron chi connectivity index (χ4n) is 4.80. The van der Waals surface area contributed by atoms with Crippen LogP contribution in [0.3, 0.4) is 0 Å². The SMILES string of the molecule is CC1(C)C(/C=C/C2=C(Cl)C(=C/[NH2+]c3ccccc3)/CCC2)=Nc2ccc3ccccc3c21. The van der Waals surface area contributed by atoms with E-state index in [4.69, 9.17) is 16.6 Å². The number of nitrogens with two attached hydrogens (primary N) is 1. The van der Waals surface area contributed by atoms with Crippen molar-refractivity contribution in [3.63, 3.8) is 0 Å². The molecule has 0 saturated heterocycles. The van der Waals surface area contributed by atoms with Gasteiger partial charge in [0.2, 0.25) is 0 Å². The number of hydrogen-bond acceptors (Lipinski definition) is 1. The first-order valence-electron chi connectivity index (χ1n) is 11.3. The summed E-state index contributed by atoms with van der Waals surface area (Å²) >= 11 is 6.84. The summed E-state index contributed by atoms with van der Waals surface area (Å²) in [5.41, 5.74) is 6.95. The van der Waals surface area contributed by atoms with Gasteiger partial charge in [-0.15, -0.1) is 0 Å². The first-order chi connectivity index (χ1) is 15.5. The molecule has 0 bridgehead atoms. The van der Waals surface area contributed by atoms with Crippen LogP contribution in [0, 0.1) is 0 Å². The maximum atomic E-state index is 6.84. The van der Waals surface area contributed by atoms with E-state index in [0.29, 0.717) is 0 Å². The third-order valence-electron chi connectivity index (χ3n) is 6.59. The van der Waals surface area contributed by atoms with Crippen LogP contribution in [0.15, 0.2) is 106 Å². The van der Waals surface area contributed by atoms with E-state index in [1.54, 1.807) is 0 Å². The van der Waals surface area contributed by atoms with Gasteiger partial charge in [-0.3, -0.25) is 10.3 Å². The molecule has 0 amide bonds. The van der Waals surface area contributed by atoms with Gasteiger partial charge in [0, 0.05) is 11.0 Å². The van der Waals surface area contributed by atoms with E-state index in [2.05, 4.69) is 98.2 Å². The average molecular weight is 440 g/mol. The molecule has 0 fully saturated rings. The molecule has 3 aromatic carbocycles. The van der Waals surface area contributed by atoms with Crippen molar-refractivity contribution in [3.05, 3.63) is 107 Å². The summed E-state index contributed by atoms with van der Waals surface area (Å²) in [5, 5.41) is 5.59. The molecular weight excluding hydrogens is 412 g/mol. The zero-order valence-electron chi connectivity index (χ0n) is 18.6. The molecular formula is C29H28ClN2+. The molecule has 0 radical (unpaired) electrons. The van der Waals surface area contributed by atoms with Crippen molar-refractivity contribution in [2.75, 3.05) is 0 Å². The molecule has 32 heavy (non-hydrogen) atoms. The fourth-order valence-corrected chi connectivity index (χ4v) is 5.12. The van der Waals surface area contributed by atoms with Crippen LogP contribution in [-0.4, -0.2) is 5.71 Å². The van der Waals surface area contributed by atoms with Gasteiger partial charge in [-0.25, -0.2) is 0 Å². The van der Waals surface area contributed by atoms with Gasteiger partial charge in [-0.1, -0.05) is 80.1 Å². The minimum absolute atomic E-state index is 0.145. The summed E-state index contributed by atoms with van der Waals surface area (Å²) < 4.78 is 0. The Labute approximate surface area is 195 Å². The van der Waals surface area contributed by atoms with Crippen molar-refractivity contribution in [1.29, 1.82) is 0 Å². The smallest absolute Gasteiger partial charge is 0.134 e. The molecule has 1 aliphatic carbocycles. The maximum absolute atomic E-state index is 6.84. The Bertz CT molecular complexity index is 1290. The van der Waals surface area contributed by atoms with Crippen LogP contribution in [0.1, 0.15) is 38.7 Å². The lowest BCUT2D eigenvalue weighted by molar-refractivity contribution is -0.497. The van der Waals surface area contributed by atoms with Gasteiger partial charge < -0.3 is 0 Å². The Morgan fingerprint density at radius 1 is 0.906 bits per heavy atom. The van der Waals surface area contributed by atoms with Gasteiger partial charge in [0.05, 0.1) is 16.4 Å². The maximum Gasteiger partial charge on any atom is 0.134 e. The van der Waals surface area contributed by atoms with E-state index in [1.165, 1.54) is 33.2 Å². The van der Waals surface area contributed by atoms with Gasteiger partial charge in [0.25, 0.3) is 0 Å². The Balaban J connectivity index is 1.42. The fraction of sp³-hybridized carbons (Fsp3) is 0.207. The van der Waals surface area contributed by atoms with Crippen molar-refractivity contribution < 1.29 is 5.32 Å². The summed E-state index contributed by atoms with van der Waals surface area (Å²) in [6.45, 7) is 4.54. The Morgan fingerprint density at radius 2 is 1.69 bits per heavy atom. The number of allylic oxidation sites excluding steroid dienone is 5. The quantitative estimate of drug-likeness (QED) is 0.416. The molecule has 0 atom stereocenters. The van der Waals surface area contributed by atoms with Crippen LogP contribution < -0.4 is 5.32 Å². The van der Waals surface area contributed by atoms with Crippen LogP contribution in [0.25, 0.3) is 10.8 Å². The van der Waals surface area contributed by atoms with E-state index in [0.717, 1.165) is 35.7 Å². The highest BCUT2D eigenvalue weighted by atomic mass is 35.5. The Kier molecular flexibility index (Phi) is 5.58. The third-order valence-corrected chi connectivity index (χ3v) is 7.07. The predicted molar refractivity (Wildman–Crippen MR) is 136 cm³/mol. The second kappa shape index (κ2) is 8.54. The summed E-state index contributed by atoms with van der Waals surface area (Å²) in [6.07, 6.45) is 9.67. The van der Waals surface area contributed by atoms with Gasteiger partial charge in [-0.05, 0) is 65.4 Å². The second-order valence-corrected chi connectivity index (χ2v) is 9.48. The van der Waals surface area contributed by atoms with Crippen molar-refractivity contribution in [1.82, 2.24) is 0 Å². The van der Waals surface area contributed by atoms with E-state index in [9.17, 15) is 0 Å². The summed E-state index contributed by atoms with van der Waals surface area (Å²) in [5.74, 6) is 0. The topological polar surface area (TPSA) is 29.0 Å². The van der Waals surface area contributed by atoms with Gasteiger partial charge in [0.1, 0.15) is 11.9 Å². The highest BCUT2D eigenvalue weighted by Gasteiger charge is 2.35. The molecule has 0 unspecified atom stereocenters. The van der Waals surface area contributed by atoms with E-state index in [-0.39, 0.29) is 5.41 Å². The molecule has 2 N–H and O–H groups in total. The average Bonchev–Trinajstić information content (AvgIpc) is 3.08. The molecule has 2 aliphatic rings. The van der Waals surface area contributed by atoms with Gasteiger partial charge >= 0.3 is 0 Å². The normalized spacial score (nSPS) is 19.1. The molecule has 0 aromatic heterocycles. The van der Waals surface area contributed by atoms with Crippen molar-refractivity contribution in [2.45, 2.75) is 38.5 Å². The summed E-state index contributed by atoms with van der Waals surface area (Å²) in [6, 6.07) is 23.3. The lowest BCUT2D eigenvalue weighted by atomic mass is 9.79. The predicted octanol–water partition coefficient (Wildman–Crippen LogP) is 7.22. The van der Waals surface area contributed by atoms with Crippen LogP contribution in [0.2, 0.25) is 0 Å².